The Balaban J connectivity index is 1.71. The van der Waals surface area contributed by atoms with Crippen LogP contribution in [0.5, 0.6) is 0 Å². The molecule has 0 amide bonds. The van der Waals surface area contributed by atoms with Gasteiger partial charge in [-0.3, -0.25) is 0 Å². The van der Waals surface area contributed by atoms with Crippen molar-refractivity contribution in [1.82, 2.24) is 4.98 Å². The molecule has 0 atom stereocenters. The molecule has 4 heteroatoms. The molecule has 3 nitrogen and oxygen atoms in total. The van der Waals surface area contributed by atoms with Gasteiger partial charge in [0.05, 0.1) is 5.69 Å². The summed E-state index contributed by atoms with van der Waals surface area (Å²) < 4.78 is 0. The maximum absolute atomic E-state index is 5.90. The van der Waals surface area contributed by atoms with Crippen molar-refractivity contribution in [2.24, 2.45) is 11.1 Å². The van der Waals surface area contributed by atoms with Gasteiger partial charge in [0.25, 0.3) is 0 Å². The highest BCUT2D eigenvalue weighted by molar-refractivity contribution is 7.15. The van der Waals surface area contributed by atoms with Crippen molar-refractivity contribution in [2.45, 2.75) is 64.8 Å². The van der Waals surface area contributed by atoms with Crippen LogP contribution in [-0.2, 0) is 6.54 Å². The van der Waals surface area contributed by atoms with Crippen molar-refractivity contribution in [3.8, 4) is 0 Å². The lowest BCUT2D eigenvalue weighted by molar-refractivity contribution is 0.199. The van der Waals surface area contributed by atoms with Crippen molar-refractivity contribution in [2.75, 3.05) is 18.0 Å². The van der Waals surface area contributed by atoms with E-state index in [2.05, 4.69) is 18.7 Å². The molecule has 1 aliphatic carbocycles. The van der Waals surface area contributed by atoms with E-state index in [0.29, 0.717) is 17.9 Å². The van der Waals surface area contributed by atoms with Crippen molar-refractivity contribution in [3.63, 3.8) is 0 Å². The number of nitrogens with zero attached hydrogens (tertiary/aromatic N) is 2. The maximum atomic E-state index is 5.90. The Morgan fingerprint density at radius 2 is 1.90 bits per heavy atom. The molecule has 1 saturated carbocycles. The van der Waals surface area contributed by atoms with Gasteiger partial charge in [-0.2, -0.15) is 0 Å². The number of thiazole rings is 1. The second kappa shape index (κ2) is 5.64. The first-order chi connectivity index (χ1) is 9.71. The molecule has 0 aromatic carbocycles. The summed E-state index contributed by atoms with van der Waals surface area (Å²) in [5, 5.41) is 1.23. The van der Waals surface area contributed by atoms with Gasteiger partial charge in [0.1, 0.15) is 0 Å². The number of hydrogen-bond acceptors (Lipinski definition) is 4. The Labute approximate surface area is 126 Å². The summed E-state index contributed by atoms with van der Waals surface area (Å²) in [4.78, 5) is 8.75. The van der Waals surface area contributed by atoms with Crippen LogP contribution in [-0.4, -0.2) is 18.1 Å². The second-order valence-corrected chi connectivity index (χ2v) is 7.54. The molecule has 1 saturated heterocycles. The monoisotopic (exact) mass is 293 g/mol. The predicted octanol–water partition coefficient (Wildman–Crippen LogP) is 3.89. The molecule has 2 heterocycles. The Bertz CT molecular complexity index is 450. The average Bonchev–Trinajstić information content (AvgIpc) is 3.26. The van der Waals surface area contributed by atoms with Gasteiger partial charge in [-0.15, -0.1) is 11.3 Å². The minimum atomic E-state index is 0.587. The third-order valence-corrected chi connectivity index (χ3v) is 6.61. The smallest absolute Gasteiger partial charge is 0.185 e. The van der Waals surface area contributed by atoms with Crippen LogP contribution < -0.4 is 10.6 Å². The highest BCUT2D eigenvalue weighted by Gasteiger charge is 2.34. The fraction of sp³-hybridized carbons (Fsp3) is 0.812. The molecule has 1 aromatic heterocycles. The molecule has 2 aliphatic rings. The summed E-state index contributed by atoms with van der Waals surface area (Å²) in [6.07, 6.45) is 7.88. The molecular weight excluding hydrogens is 266 g/mol. The first-order valence-electron chi connectivity index (χ1n) is 8.16. The van der Waals surface area contributed by atoms with Crippen molar-refractivity contribution >= 4 is 16.5 Å². The number of piperidine rings is 1. The van der Waals surface area contributed by atoms with Crippen LogP contribution >= 0.6 is 11.3 Å². The molecule has 0 bridgehead atoms. The van der Waals surface area contributed by atoms with Crippen LogP contribution in [0.3, 0.4) is 0 Å². The zero-order valence-corrected chi connectivity index (χ0v) is 13.6. The van der Waals surface area contributed by atoms with Crippen LogP contribution in [0.4, 0.5) is 5.13 Å². The van der Waals surface area contributed by atoms with Crippen molar-refractivity contribution in [1.29, 1.82) is 0 Å². The van der Waals surface area contributed by atoms with Gasteiger partial charge in [0.2, 0.25) is 0 Å². The summed E-state index contributed by atoms with van der Waals surface area (Å²) >= 11 is 1.84. The van der Waals surface area contributed by atoms with Gasteiger partial charge in [-0.25, -0.2) is 4.98 Å². The van der Waals surface area contributed by atoms with Gasteiger partial charge in [-0.05, 0) is 31.1 Å². The third-order valence-electron chi connectivity index (χ3n) is 5.46. The van der Waals surface area contributed by atoms with E-state index in [4.69, 9.17) is 10.7 Å². The quantitative estimate of drug-likeness (QED) is 0.895. The largest absolute Gasteiger partial charge is 0.348 e. The predicted molar refractivity (Wildman–Crippen MR) is 86.4 cm³/mol. The first kappa shape index (κ1) is 14.3. The highest BCUT2D eigenvalue weighted by Crippen LogP contribution is 2.45. The number of aromatic nitrogens is 1. The molecule has 112 valence electrons. The second-order valence-electron chi connectivity index (χ2n) is 6.48. The molecule has 3 rings (SSSR count). The lowest BCUT2D eigenvalue weighted by atomic mass is 9.74. The normalized spacial score (nSPS) is 22.2. The maximum Gasteiger partial charge on any atom is 0.185 e. The van der Waals surface area contributed by atoms with Crippen LogP contribution in [0, 0.1) is 5.41 Å². The molecule has 20 heavy (non-hydrogen) atoms. The van der Waals surface area contributed by atoms with Crippen LogP contribution in [0.15, 0.2) is 0 Å². The number of anilines is 1. The van der Waals surface area contributed by atoms with Gasteiger partial charge in [0, 0.05) is 30.4 Å². The Kier molecular flexibility index (Phi) is 4.04. The SMILES string of the molecule is CCC1(CC)CCN(c2nc(C3CC3)c(CN)s2)CC1. The summed E-state index contributed by atoms with van der Waals surface area (Å²) in [6, 6.07) is 0. The first-order valence-corrected chi connectivity index (χ1v) is 8.97. The van der Waals surface area contributed by atoms with Gasteiger partial charge < -0.3 is 10.6 Å². The molecule has 0 spiro atoms. The lowest BCUT2D eigenvalue weighted by Crippen LogP contribution is -2.39. The van der Waals surface area contributed by atoms with Crippen molar-refractivity contribution in [3.05, 3.63) is 10.6 Å². The fourth-order valence-electron chi connectivity index (χ4n) is 3.44. The van der Waals surface area contributed by atoms with E-state index in [1.165, 1.54) is 67.3 Å². The van der Waals surface area contributed by atoms with E-state index in [-0.39, 0.29) is 0 Å². The van der Waals surface area contributed by atoms with Crippen LogP contribution in [0.25, 0.3) is 0 Å². The Hall–Kier alpha value is -0.610. The topological polar surface area (TPSA) is 42.2 Å². The summed E-state index contributed by atoms with van der Waals surface area (Å²) in [5.41, 5.74) is 7.80. The van der Waals surface area contributed by atoms with E-state index in [1.807, 2.05) is 11.3 Å². The molecule has 0 unspecified atom stereocenters. The number of rotatable bonds is 5. The summed E-state index contributed by atoms with van der Waals surface area (Å²) in [6.45, 7) is 7.69. The zero-order chi connectivity index (χ0) is 14.2. The molecule has 1 aliphatic heterocycles. The van der Waals surface area contributed by atoms with E-state index in [9.17, 15) is 0 Å². The number of nitrogens with two attached hydrogens (primary N) is 1. The standard InChI is InChI=1S/C16H27N3S/c1-3-16(4-2)7-9-19(10-8-16)15-18-14(12-5-6-12)13(11-17)20-15/h12H,3-11,17H2,1-2H3. The van der Waals surface area contributed by atoms with Gasteiger partial charge >= 0.3 is 0 Å². The van der Waals surface area contributed by atoms with E-state index in [1.54, 1.807) is 0 Å². The molecule has 2 fully saturated rings. The van der Waals surface area contributed by atoms with E-state index in [0.717, 1.165) is 0 Å². The molecule has 0 radical (unpaired) electrons. The molecule has 2 N–H and O–H groups in total. The third kappa shape index (κ3) is 2.60. The fourth-order valence-corrected chi connectivity index (χ4v) is 4.51. The van der Waals surface area contributed by atoms with Crippen molar-refractivity contribution < 1.29 is 0 Å². The van der Waals surface area contributed by atoms with E-state index >= 15 is 0 Å². The van der Waals surface area contributed by atoms with Crippen LogP contribution in [0.1, 0.15) is 68.9 Å². The summed E-state index contributed by atoms with van der Waals surface area (Å²) in [5.74, 6) is 0.716. The summed E-state index contributed by atoms with van der Waals surface area (Å²) in [7, 11) is 0. The van der Waals surface area contributed by atoms with Crippen LogP contribution in [0.2, 0.25) is 0 Å². The number of hydrogen-bond donors (Lipinski definition) is 1. The lowest BCUT2D eigenvalue weighted by Gasteiger charge is -2.41. The minimum absolute atomic E-state index is 0.587. The average molecular weight is 293 g/mol. The van der Waals surface area contributed by atoms with Gasteiger partial charge in [-0.1, -0.05) is 26.7 Å². The minimum Gasteiger partial charge on any atom is -0.348 e. The Morgan fingerprint density at radius 3 is 2.40 bits per heavy atom. The molecule has 1 aromatic rings. The van der Waals surface area contributed by atoms with Gasteiger partial charge in [0.15, 0.2) is 5.13 Å². The molecular formula is C16H27N3S. The zero-order valence-electron chi connectivity index (χ0n) is 12.8. The van der Waals surface area contributed by atoms with E-state index < -0.39 is 0 Å². The highest BCUT2D eigenvalue weighted by atomic mass is 32.1. The Morgan fingerprint density at radius 1 is 1.25 bits per heavy atom.